The average Bonchev–Trinajstić information content (AvgIpc) is 3.32. The predicted molar refractivity (Wildman–Crippen MR) is 89.5 cm³/mol. The summed E-state index contributed by atoms with van der Waals surface area (Å²) in [4.78, 5) is 4.37. The second kappa shape index (κ2) is 6.50. The number of pyridine rings is 1. The fourth-order valence-electron chi connectivity index (χ4n) is 2.77. The molecule has 1 unspecified atom stereocenters. The Morgan fingerprint density at radius 2 is 2.09 bits per heavy atom. The normalized spacial score (nSPS) is 16.5. The van der Waals surface area contributed by atoms with Gasteiger partial charge in [-0.3, -0.25) is 4.98 Å². The van der Waals surface area contributed by atoms with Crippen LogP contribution < -0.4 is 5.73 Å². The van der Waals surface area contributed by atoms with E-state index in [0.717, 1.165) is 18.2 Å². The Hall–Kier alpha value is -1.21. The van der Waals surface area contributed by atoms with Crippen LogP contribution in [0.25, 0.3) is 10.8 Å². The fourth-order valence-corrected chi connectivity index (χ4v) is 4.41. The standard InChI is InChI=1S/C15H19N3O2S.ClH/c1-18(14(9-16)11-5-6-11)21(19,20)15-4-2-3-12-10-17-8-7-13(12)15;/h2-4,7-8,10-11,14H,5-6,9,16H2,1H3;1H. The van der Waals surface area contributed by atoms with Gasteiger partial charge >= 0.3 is 0 Å². The number of aromatic nitrogens is 1. The first-order valence-corrected chi connectivity index (χ1v) is 8.50. The molecule has 3 rings (SSSR count). The number of hydrogen-bond acceptors (Lipinski definition) is 4. The molecule has 2 aromatic rings. The maximum absolute atomic E-state index is 12.9. The van der Waals surface area contributed by atoms with Crippen LogP contribution in [-0.2, 0) is 10.0 Å². The number of halogens is 1. The second-order valence-electron chi connectivity index (χ2n) is 5.51. The summed E-state index contributed by atoms with van der Waals surface area (Å²) in [5.74, 6) is 0.395. The third-order valence-corrected chi connectivity index (χ3v) is 6.11. The first-order chi connectivity index (χ1) is 10.1. The van der Waals surface area contributed by atoms with Crippen molar-refractivity contribution >= 4 is 33.2 Å². The Morgan fingerprint density at radius 1 is 1.36 bits per heavy atom. The summed E-state index contributed by atoms with van der Waals surface area (Å²) in [5, 5.41) is 1.52. The molecule has 1 aliphatic rings. The van der Waals surface area contributed by atoms with Gasteiger partial charge in [0.2, 0.25) is 10.0 Å². The lowest BCUT2D eigenvalue weighted by Crippen LogP contribution is -2.43. The molecule has 22 heavy (non-hydrogen) atoms. The van der Waals surface area contributed by atoms with Crippen molar-refractivity contribution in [2.75, 3.05) is 13.6 Å². The largest absolute Gasteiger partial charge is 0.329 e. The monoisotopic (exact) mass is 341 g/mol. The molecule has 1 aromatic heterocycles. The van der Waals surface area contributed by atoms with Crippen LogP contribution in [0.15, 0.2) is 41.6 Å². The highest BCUT2D eigenvalue weighted by Gasteiger charge is 2.38. The van der Waals surface area contributed by atoms with E-state index in [1.807, 2.05) is 6.07 Å². The van der Waals surface area contributed by atoms with Crippen molar-refractivity contribution in [1.82, 2.24) is 9.29 Å². The number of benzene rings is 1. The maximum atomic E-state index is 12.9. The fraction of sp³-hybridized carbons (Fsp3) is 0.400. The molecule has 1 aromatic carbocycles. The van der Waals surface area contributed by atoms with Crippen molar-refractivity contribution in [3.63, 3.8) is 0 Å². The Morgan fingerprint density at radius 3 is 2.73 bits per heavy atom. The van der Waals surface area contributed by atoms with Crippen molar-refractivity contribution in [3.8, 4) is 0 Å². The molecule has 1 atom stereocenters. The number of hydrogen-bond donors (Lipinski definition) is 1. The Kier molecular flexibility index (Phi) is 5.07. The molecule has 0 bridgehead atoms. The van der Waals surface area contributed by atoms with Crippen LogP contribution in [0.5, 0.6) is 0 Å². The summed E-state index contributed by atoms with van der Waals surface area (Å²) in [6.07, 6.45) is 5.40. The number of nitrogens with zero attached hydrogens (tertiary/aromatic N) is 2. The van der Waals surface area contributed by atoms with Gasteiger partial charge in [-0.25, -0.2) is 8.42 Å². The topological polar surface area (TPSA) is 76.3 Å². The van der Waals surface area contributed by atoms with E-state index in [1.165, 1.54) is 4.31 Å². The molecule has 0 spiro atoms. The first-order valence-electron chi connectivity index (χ1n) is 7.06. The Labute approximate surface area is 137 Å². The van der Waals surface area contributed by atoms with Gasteiger partial charge in [0.05, 0.1) is 4.90 Å². The molecular weight excluding hydrogens is 322 g/mol. The van der Waals surface area contributed by atoms with Crippen molar-refractivity contribution in [2.24, 2.45) is 11.7 Å². The van der Waals surface area contributed by atoms with Gasteiger partial charge < -0.3 is 5.73 Å². The van der Waals surface area contributed by atoms with Gasteiger partial charge in [-0.15, -0.1) is 12.4 Å². The van der Waals surface area contributed by atoms with Gasteiger partial charge in [0.1, 0.15) is 0 Å². The summed E-state index contributed by atoms with van der Waals surface area (Å²) in [5.41, 5.74) is 5.79. The summed E-state index contributed by atoms with van der Waals surface area (Å²) in [7, 11) is -1.93. The molecule has 0 radical (unpaired) electrons. The van der Waals surface area contributed by atoms with Crippen molar-refractivity contribution in [2.45, 2.75) is 23.8 Å². The molecule has 1 fully saturated rings. The Bertz CT molecular complexity index is 757. The summed E-state index contributed by atoms with van der Waals surface area (Å²) < 4.78 is 27.3. The minimum atomic E-state index is -3.56. The molecule has 1 aliphatic carbocycles. The molecule has 1 saturated carbocycles. The van der Waals surface area contributed by atoms with E-state index in [4.69, 9.17) is 5.73 Å². The van der Waals surface area contributed by atoms with Crippen LogP contribution in [0, 0.1) is 5.92 Å². The average molecular weight is 342 g/mol. The van der Waals surface area contributed by atoms with Gasteiger partial charge in [0, 0.05) is 42.8 Å². The number of sulfonamides is 1. The number of nitrogens with two attached hydrogens (primary N) is 1. The molecule has 5 nitrogen and oxygen atoms in total. The molecule has 7 heteroatoms. The lowest BCUT2D eigenvalue weighted by Gasteiger charge is -2.26. The van der Waals surface area contributed by atoms with E-state index in [1.54, 1.807) is 37.6 Å². The van der Waals surface area contributed by atoms with Crippen molar-refractivity contribution < 1.29 is 8.42 Å². The third kappa shape index (κ3) is 2.96. The number of likely N-dealkylation sites (N-methyl/N-ethyl adjacent to an activating group) is 1. The van der Waals surface area contributed by atoms with E-state index in [0.29, 0.717) is 22.7 Å². The lowest BCUT2D eigenvalue weighted by atomic mass is 10.2. The van der Waals surface area contributed by atoms with E-state index in [-0.39, 0.29) is 18.4 Å². The van der Waals surface area contributed by atoms with Gasteiger partial charge in [-0.05, 0) is 30.9 Å². The van der Waals surface area contributed by atoms with E-state index < -0.39 is 10.0 Å². The molecule has 0 aliphatic heterocycles. The maximum Gasteiger partial charge on any atom is 0.243 e. The highest BCUT2D eigenvalue weighted by atomic mass is 35.5. The van der Waals surface area contributed by atoms with Crippen molar-refractivity contribution in [3.05, 3.63) is 36.7 Å². The van der Waals surface area contributed by atoms with Crippen molar-refractivity contribution in [1.29, 1.82) is 0 Å². The van der Waals surface area contributed by atoms with Gasteiger partial charge in [-0.2, -0.15) is 4.31 Å². The van der Waals surface area contributed by atoms with E-state index in [2.05, 4.69) is 4.98 Å². The zero-order valence-electron chi connectivity index (χ0n) is 12.3. The summed E-state index contributed by atoms with van der Waals surface area (Å²) in [6, 6.07) is 6.88. The first kappa shape index (κ1) is 17.1. The van der Waals surface area contributed by atoms with Gasteiger partial charge in [-0.1, -0.05) is 12.1 Å². The van der Waals surface area contributed by atoms with Crippen LogP contribution in [0.4, 0.5) is 0 Å². The minimum Gasteiger partial charge on any atom is -0.329 e. The van der Waals surface area contributed by atoms with Crippen LogP contribution >= 0.6 is 12.4 Å². The van der Waals surface area contributed by atoms with Gasteiger partial charge in [0.25, 0.3) is 0 Å². The smallest absolute Gasteiger partial charge is 0.243 e. The molecule has 120 valence electrons. The molecular formula is C15H20ClN3O2S. The molecule has 0 saturated heterocycles. The van der Waals surface area contributed by atoms with E-state index in [9.17, 15) is 8.42 Å². The minimum absolute atomic E-state index is 0. The van der Waals surface area contributed by atoms with Crippen LogP contribution in [0.2, 0.25) is 0 Å². The highest BCUT2D eigenvalue weighted by molar-refractivity contribution is 7.89. The number of fused-ring (bicyclic) bond motifs is 1. The van der Waals surface area contributed by atoms with Crippen LogP contribution in [0.1, 0.15) is 12.8 Å². The quantitative estimate of drug-likeness (QED) is 0.902. The predicted octanol–water partition coefficient (Wildman–Crippen LogP) is 2.01. The summed E-state index contributed by atoms with van der Waals surface area (Å²) in [6.45, 7) is 0.354. The van der Waals surface area contributed by atoms with E-state index >= 15 is 0 Å². The number of rotatable bonds is 5. The highest BCUT2D eigenvalue weighted by Crippen LogP contribution is 2.37. The molecule has 1 heterocycles. The third-order valence-electron chi connectivity index (χ3n) is 4.17. The molecule has 2 N–H and O–H groups in total. The zero-order valence-corrected chi connectivity index (χ0v) is 14.0. The Balaban J connectivity index is 0.00000176. The zero-order chi connectivity index (χ0) is 15.0. The lowest BCUT2D eigenvalue weighted by molar-refractivity contribution is 0.341. The second-order valence-corrected chi connectivity index (χ2v) is 7.48. The van der Waals surface area contributed by atoms with Gasteiger partial charge in [0.15, 0.2) is 0 Å². The van der Waals surface area contributed by atoms with Crippen LogP contribution in [-0.4, -0.2) is 37.3 Å². The van der Waals surface area contributed by atoms with Crippen LogP contribution in [0.3, 0.4) is 0 Å². The SMILES string of the molecule is CN(C(CN)C1CC1)S(=O)(=O)c1cccc2cnccc12.Cl. The molecule has 0 amide bonds. The summed E-state index contributed by atoms with van der Waals surface area (Å²) >= 11 is 0.